The van der Waals surface area contributed by atoms with Crippen LogP contribution in [0.5, 0.6) is 0 Å². The predicted octanol–water partition coefficient (Wildman–Crippen LogP) is 3.69. The van der Waals surface area contributed by atoms with Crippen molar-refractivity contribution >= 4 is 27.3 Å². The van der Waals surface area contributed by atoms with Crippen LogP contribution in [-0.4, -0.2) is 13.1 Å². The number of hydrogen-bond acceptors (Lipinski definition) is 2. The highest BCUT2D eigenvalue weighted by atomic mass is 79.9. The smallest absolute Gasteiger partial charge is 0.0701 e. The van der Waals surface area contributed by atoms with Crippen LogP contribution < -0.4 is 5.32 Å². The Balaban J connectivity index is 2.10. The number of halogens is 1. The molecular weight excluding hydrogens is 258 g/mol. The quantitative estimate of drug-likeness (QED) is 0.781. The average Bonchev–Trinajstić information content (AvgIpc) is 2.58. The molecule has 1 nitrogen and oxygen atoms in total. The van der Waals surface area contributed by atoms with Crippen LogP contribution in [0.1, 0.15) is 25.1 Å². The van der Waals surface area contributed by atoms with Crippen LogP contribution in [0.2, 0.25) is 0 Å². The average molecular weight is 276 g/mol. The van der Waals surface area contributed by atoms with Crippen LogP contribution in [0.4, 0.5) is 0 Å². The molecule has 0 aliphatic carbocycles. The fourth-order valence-corrected chi connectivity index (χ4v) is 2.67. The van der Waals surface area contributed by atoms with Gasteiger partial charge in [-0.1, -0.05) is 20.3 Å². The summed E-state index contributed by atoms with van der Waals surface area (Å²) in [5.41, 5.74) is 0. The molecule has 1 rings (SSSR count). The summed E-state index contributed by atoms with van der Waals surface area (Å²) in [6, 6.07) is 4.31. The summed E-state index contributed by atoms with van der Waals surface area (Å²) in [6.45, 7) is 6.76. The fourth-order valence-electron chi connectivity index (χ4n) is 1.19. The van der Waals surface area contributed by atoms with Crippen molar-refractivity contribution < 1.29 is 0 Å². The molecule has 1 aromatic rings. The summed E-state index contributed by atoms with van der Waals surface area (Å²) >= 11 is 5.30. The van der Waals surface area contributed by atoms with E-state index in [-0.39, 0.29) is 0 Å². The lowest BCUT2D eigenvalue weighted by Gasteiger charge is -2.08. The molecule has 1 heterocycles. The Kier molecular flexibility index (Phi) is 5.75. The molecule has 0 spiro atoms. The molecule has 0 aromatic carbocycles. The number of hydrogen-bond donors (Lipinski definition) is 1. The third kappa shape index (κ3) is 4.58. The molecule has 14 heavy (non-hydrogen) atoms. The molecule has 0 saturated heterocycles. The first-order valence-electron chi connectivity index (χ1n) is 5.17. The maximum absolute atomic E-state index is 3.49. The Bertz CT molecular complexity index is 260. The van der Waals surface area contributed by atoms with Crippen LogP contribution in [0.25, 0.3) is 0 Å². The van der Waals surface area contributed by atoms with Crippen molar-refractivity contribution in [3.8, 4) is 0 Å². The zero-order valence-corrected chi connectivity index (χ0v) is 11.2. The first kappa shape index (κ1) is 12.2. The van der Waals surface area contributed by atoms with Crippen molar-refractivity contribution in [2.75, 3.05) is 13.1 Å². The first-order chi connectivity index (χ1) is 6.72. The van der Waals surface area contributed by atoms with Gasteiger partial charge in [-0.3, -0.25) is 0 Å². The summed E-state index contributed by atoms with van der Waals surface area (Å²) < 4.78 is 1.23. The molecular formula is C11H18BrNS. The van der Waals surface area contributed by atoms with Crippen molar-refractivity contribution in [1.82, 2.24) is 5.32 Å². The highest BCUT2D eigenvalue weighted by Gasteiger charge is 1.99. The van der Waals surface area contributed by atoms with Crippen LogP contribution in [0.15, 0.2) is 15.9 Å². The van der Waals surface area contributed by atoms with E-state index in [1.807, 2.05) is 11.3 Å². The van der Waals surface area contributed by atoms with E-state index in [2.05, 4.69) is 47.2 Å². The lowest BCUT2D eigenvalue weighted by molar-refractivity contribution is 0.503. The van der Waals surface area contributed by atoms with E-state index in [1.54, 1.807) is 0 Å². The standard InChI is InChI=1S/C11H18BrNS/c1-3-9(2)8-13-7-6-10-4-5-11(12)14-10/h4-5,9,13H,3,6-8H2,1-2H3. The van der Waals surface area contributed by atoms with Gasteiger partial charge in [0.05, 0.1) is 3.79 Å². The zero-order valence-electron chi connectivity index (χ0n) is 8.85. The minimum Gasteiger partial charge on any atom is -0.316 e. The van der Waals surface area contributed by atoms with E-state index in [4.69, 9.17) is 0 Å². The van der Waals surface area contributed by atoms with Gasteiger partial charge in [0.1, 0.15) is 0 Å². The molecule has 0 amide bonds. The molecule has 1 atom stereocenters. The van der Waals surface area contributed by atoms with Gasteiger partial charge in [0.15, 0.2) is 0 Å². The van der Waals surface area contributed by atoms with Gasteiger partial charge in [-0.15, -0.1) is 11.3 Å². The fraction of sp³-hybridized carbons (Fsp3) is 0.636. The number of nitrogens with one attached hydrogen (secondary N) is 1. The van der Waals surface area contributed by atoms with Gasteiger partial charge < -0.3 is 5.32 Å². The SMILES string of the molecule is CCC(C)CNCCc1ccc(Br)s1. The predicted molar refractivity (Wildman–Crippen MR) is 68.0 cm³/mol. The van der Waals surface area contributed by atoms with Crippen molar-refractivity contribution in [3.63, 3.8) is 0 Å². The monoisotopic (exact) mass is 275 g/mol. The lowest BCUT2D eigenvalue weighted by Crippen LogP contribution is -2.22. The summed E-state index contributed by atoms with van der Waals surface area (Å²) in [4.78, 5) is 1.45. The lowest BCUT2D eigenvalue weighted by atomic mass is 10.1. The normalized spacial score (nSPS) is 13.1. The minimum atomic E-state index is 0.796. The van der Waals surface area contributed by atoms with Crippen molar-refractivity contribution in [3.05, 3.63) is 20.8 Å². The number of rotatable bonds is 6. The Hall–Kier alpha value is 0.140. The van der Waals surface area contributed by atoms with E-state index in [0.717, 1.165) is 25.4 Å². The van der Waals surface area contributed by atoms with Gasteiger partial charge in [0.25, 0.3) is 0 Å². The third-order valence-electron chi connectivity index (χ3n) is 2.37. The van der Waals surface area contributed by atoms with Crippen molar-refractivity contribution in [2.24, 2.45) is 5.92 Å². The molecule has 0 saturated carbocycles. The van der Waals surface area contributed by atoms with Crippen LogP contribution in [0.3, 0.4) is 0 Å². The third-order valence-corrected chi connectivity index (χ3v) is 4.05. The Labute approximate surface area is 99.0 Å². The maximum atomic E-state index is 3.49. The second-order valence-corrected chi connectivity index (χ2v) is 6.22. The molecule has 0 radical (unpaired) electrons. The van der Waals surface area contributed by atoms with Gasteiger partial charge in [0, 0.05) is 4.88 Å². The van der Waals surface area contributed by atoms with Gasteiger partial charge in [0.2, 0.25) is 0 Å². The van der Waals surface area contributed by atoms with Gasteiger partial charge >= 0.3 is 0 Å². The Morgan fingerprint density at radius 1 is 1.50 bits per heavy atom. The molecule has 1 N–H and O–H groups in total. The van der Waals surface area contributed by atoms with E-state index >= 15 is 0 Å². The van der Waals surface area contributed by atoms with Crippen LogP contribution >= 0.6 is 27.3 Å². The molecule has 1 unspecified atom stereocenters. The van der Waals surface area contributed by atoms with E-state index in [9.17, 15) is 0 Å². The Morgan fingerprint density at radius 2 is 2.29 bits per heavy atom. The summed E-state index contributed by atoms with van der Waals surface area (Å²) in [5, 5.41) is 3.49. The maximum Gasteiger partial charge on any atom is 0.0701 e. The van der Waals surface area contributed by atoms with Gasteiger partial charge in [-0.2, -0.15) is 0 Å². The van der Waals surface area contributed by atoms with Gasteiger partial charge in [-0.25, -0.2) is 0 Å². The number of thiophene rings is 1. The van der Waals surface area contributed by atoms with Gasteiger partial charge in [-0.05, 0) is 53.5 Å². The highest BCUT2D eigenvalue weighted by molar-refractivity contribution is 9.11. The molecule has 0 aliphatic heterocycles. The van der Waals surface area contributed by atoms with Crippen LogP contribution in [-0.2, 0) is 6.42 Å². The molecule has 3 heteroatoms. The molecule has 1 aromatic heterocycles. The zero-order chi connectivity index (χ0) is 10.4. The van der Waals surface area contributed by atoms with Crippen LogP contribution in [0, 0.1) is 5.92 Å². The topological polar surface area (TPSA) is 12.0 Å². The van der Waals surface area contributed by atoms with Crippen molar-refractivity contribution in [1.29, 1.82) is 0 Å². The van der Waals surface area contributed by atoms with E-state index in [1.165, 1.54) is 15.1 Å². The summed E-state index contributed by atoms with van der Waals surface area (Å²) in [5.74, 6) is 0.796. The molecule has 80 valence electrons. The second-order valence-electron chi connectivity index (χ2n) is 3.67. The van der Waals surface area contributed by atoms with E-state index < -0.39 is 0 Å². The molecule has 0 bridgehead atoms. The first-order valence-corrected chi connectivity index (χ1v) is 6.78. The highest BCUT2D eigenvalue weighted by Crippen LogP contribution is 2.21. The largest absolute Gasteiger partial charge is 0.316 e. The van der Waals surface area contributed by atoms with E-state index in [0.29, 0.717) is 0 Å². The molecule has 0 fully saturated rings. The van der Waals surface area contributed by atoms with Crippen molar-refractivity contribution in [2.45, 2.75) is 26.7 Å². The second kappa shape index (κ2) is 6.59. The summed E-state index contributed by atoms with van der Waals surface area (Å²) in [6.07, 6.45) is 2.41. The molecule has 0 aliphatic rings. The summed E-state index contributed by atoms with van der Waals surface area (Å²) in [7, 11) is 0. The minimum absolute atomic E-state index is 0.796. The Morgan fingerprint density at radius 3 is 2.86 bits per heavy atom.